The van der Waals surface area contributed by atoms with Crippen LogP contribution in [0, 0.1) is 6.92 Å². The minimum absolute atomic E-state index is 0.0768. The van der Waals surface area contributed by atoms with Gasteiger partial charge in [-0.3, -0.25) is 4.79 Å². The zero-order chi connectivity index (χ0) is 23.1. The first kappa shape index (κ1) is 24.0. The van der Waals surface area contributed by atoms with Crippen molar-refractivity contribution in [2.45, 2.75) is 31.2 Å². The van der Waals surface area contributed by atoms with Crippen LogP contribution in [0.5, 0.6) is 5.75 Å². The van der Waals surface area contributed by atoms with Crippen molar-refractivity contribution in [3.05, 3.63) is 88.4 Å². The van der Waals surface area contributed by atoms with Crippen molar-refractivity contribution in [2.75, 3.05) is 11.9 Å². The van der Waals surface area contributed by atoms with Crippen molar-refractivity contribution >= 4 is 37.5 Å². The van der Waals surface area contributed by atoms with Crippen molar-refractivity contribution in [3.8, 4) is 5.75 Å². The number of amides is 1. The van der Waals surface area contributed by atoms with E-state index in [1.165, 1.54) is 6.07 Å². The van der Waals surface area contributed by atoms with Crippen LogP contribution in [-0.2, 0) is 21.2 Å². The van der Waals surface area contributed by atoms with E-state index in [1.807, 2.05) is 37.3 Å². The van der Waals surface area contributed by atoms with Crippen LogP contribution in [0.25, 0.3) is 0 Å². The van der Waals surface area contributed by atoms with Gasteiger partial charge in [0.25, 0.3) is 0 Å². The molecular formula is C24H25BrN2O4S. The number of rotatable bonds is 9. The second-order valence-electron chi connectivity index (χ2n) is 7.22. The van der Waals surface area contributed by atoms with E-state index in [4.69, 9.17) is 4.74 Å². The lowest BCUT2D eigenvalue weighted by atomic mass is 10.1. The third kappa shape index (κ3) is 6.41. The molecule has 0 heterocycles. The van der Waals surface area contributed by atoms with Crippen molar-refractivity contribution in [3.63, 3.8) is 0 Å². The van der Waals surface area contributed by atoms with E-state index < -0.39 is 22.0 Å². The molecule has 0 saturated heterocycles. The normalized spacial score (nSPS) is 12.2. The van der Waals surface area contributed by atoms with Crippen LogP contribution in [0.15, 0.2) is 82.2 Å². The van der Waals surface area contributed by atoms with Crippen molar-refractivity contribution < 1.29 is 17.9 Å². The molecule has 3 aromatic rings. The van der Waals surface area contributed by atoms with Crippen LogP contribution in [-0.4, -0.2) is 27.0 Å². The molecule has 8 heteroatoms. The highest BCUT2D eigenvalue weighted by Gasteiger charge is 2.26. The monoisotopic (exact) mass is 516 g/mol. The first-order valence-electron chi connectivity index (χ1n) is 10.1. The van der Waals surface area contributed by atoms with Crippen molar-refractivity contribution in [1.29, 1.82) is 0 Å². The summed E-state index contributed by atoms with van der Waals surface area (Å²) in [4.78, 5) is 13.1. The fourth-order valence-corrected chi connectivity index (χ4v) is 4.71. The van der Waals surface area contributed by atoms with Crippen LogP contribution in [0.1, 0.15) is 18.1 Å². The Hall–Kier alpha value is -2.68. The minimum Gasteiger partial charge on any atom is -0.494 e. The van der Waals surface area contributed by atoms with Gasteiger partial charge in [0.05, 0.1) is 11.5 Å². The number of aryl methyl sites for hydroxylation is 1. The maximum Gasteiger partial charge on any atom is 0.242 e. The number of hydrogen-bond donors (Lipinski definition) is 2. The second-order valence-corrected chi connectivity index (χ2v) is 9.85. The number of ether oxygens (including phenoxy) is 1. The third-order valence-corrected chi connectivity index (χ3v) is 6.76. The van der Waals surface area contributed by atoms with E-state index in [1.54, 1.807) is 43.3 Å². The van der Waals surface area contributed by atoms with Crippen LogP contribution in [0.3, 0.4) is 0 Å². The number of benzene rings is 3. The molecule has 6 nitrogen and oxygen atoms in total. The molecule has 1 unspecified atom stereocenters. The topological polar surface area (TPSA) is 84.5 Å². The molecule has 0 aromatic heterocycles. The number of hydrogen-bond acceptors (Lipinski definition) is 4. The highest BCUT2D eigenvalue weighted by Crippen LogP contribution is 2.22. The van der Waals surface area contributed by atoms with E-state index >= 15 is 0 Å². The molecule has 2 N–H and O–H groups in total. The molecule has 3 aromatic carbocycles. The quantitative estimate of drug-likeness (QED) is 0.432. The van der Waals surface area contributed by atoms with E-state index in [-0.39, 0.29) is 11.3 Å². The number of carbonyl (C=O) groups excluding carboxylic acids is 1. The largest absolute Gasteiger partial charge is 0.494 e. The Labute approximate surface area is 197 Å². The molecule has 1 atom stereocenters. The lowest BCUT2D eigenvalue weighted by molar-refractivity contribution is -0.117. The summed E-state index contributed by atoms with van der Waals surface area (Å²) >= 11 is 3.36. The summed E-state index contributed by atoms with van der Waals surface area (Å²) in [7, 11) is -3.95. The zero-order valence-corrected chi connectivity index (χ0v) is 20.2. The number of anilines is 1. The van der Waals surface area contributed by atoms with Gasteiger partial charge >= 0.3 is 0 Å². The number of halogens is 1. The lowest BCUT2D eigenvalue weighted by Gasteiger charge is -2.19. The molecule has 0 radical (unpaired) electrons. The van der Waals surface area contributed by atoms with Gasteiger partial charge in [0.15, 0.2) is 0 Å². The van der Waals surface area contributed by atoms with E-state index in [9.17, 15) is 13.2 Å². The molecule has 0 aliphatic rings. The summed E-state index contributed by atoms with van der Waals surface area (Å²) in [6, 6.07) is 20.0. The summed E-state index contributed by atoms with van der Waals surface area (Å²) in [5.41, 5.74) is 2.12. The summed E-state index contributed by atoms with van der Waals surface area (Å²) in [5.74, 6) is 0.183. The maximum atomic E-state index is 13.1. The summed E-state index contributed by atoms with van der Waals surface area (Å²) in [6.45, 7) is 4.14. The Morgan fingerprint density at radius 1 is 1.03 bits per heavy atom. The third-order valence-electron chi connectivity index (χ3n) is 4.76. The standard InChI is InChI=1S/C24H25BrN2O4S/c1-3-31-23-14-13-21(15-17(23)2)32(29,30)27-22(16-18-7-5-4-6-8-18)24(28)26-20-11-9-19(25)10-12-20/h4-15,22,27H,3,16H2,1-2H3,(H,26,28). The van der Waals surface area contributed by atoms with Gasteiger partial charge in [0, 0.05) is 10.2 Å². The van der Waals surface area contributed by atoms with Gasteiger partial charge in [-0.2, -0.15) is 4.72 Å². The molecule has 3 rings (SSSR count). The fourth-order valence-electron chi connectivity index (χ4n) is 3.16. The molecule has 1 amide bonds. The molecule has 0 fully saturated rings. The minimum atomic E-state index is -3.95. The van der Waals surface area contributed by atoms with Gasteiger partial charge in [-0.25, -0.2) is 8.42 Å². The molecule has 168 valence electrons. The van der Waals surface area contributed by atoms with Gasteiger partial charge in [0.1, 0.15) is 11.8 Å². The molecule has 0 aliphatic carbocycles. The second kappa shape index (κ2) is 10.8. The van der Waals surface area contributed by atoms with Gasteiger partial charge in [-0.15, -0.1) is 0 Å². The number of sulfonamides is 1. The Kier molecular flexibility index (Phi) is 8.06. The lowest BCUT2D eigenvalue weighted by Crippen LogP contribution is -2.45. The van der Waals surface area contributed by atoms with Crippen LogP contribution < -0.4 is 14.8 Å². The van der Waals surface area contributed by atoms with Crippen molar-refractivity contribution in [1.82, 2.24) is 4.72 Å². The van der Waals surface area contributed by atoms with Crippen LogP contribution >= 0.6 is 15.9 Å². The number of nitrogens with one attached hydrogen (secondary N) is 2. The zero-order valence-electron chi connectivity index (χ0n) is 17.8. The van der Waals surface area contributed by atoms with Gasteiger partial charge in [0.2, 0.25) is 15.9 Å². The Morgan fingerprint density at radius 3 is 2.34 bits per heavy atom. The summed E-state index contributed by atoms with van der Waals surface area (Å²) in [5, 5.41) is 2.79. The van der Waals surface area contributed by atoms with Crippen LogP contribution in [0.2, 0.25) is 0 Å². The Morgan fingerprint density at radius 2 is 1.72 bits per heavy atom. The average Bonchev–Trinajstić information content (AvgIpc) is 2.77. The van der Waals surface area contributed by atoms with E-state index in [0.717, 1.165) is 10.0 Å². The predicted octanol–water partition coefficient (Wildman–Crippen LogP) is 4.68. The summed E-state index contributed by atoms with van der Waals surface area (Å²) < 4.78 is 35.2. The van der Waals surface area contributed by atoms with Gasteiger partial charge in [-0.1, -0.05) is 46.3 Å². The first-order chi connectivity index (χ1) is 15.3. The average molecular weight is 517 g/mol. The highest BCUT2D eigenvalue weighted by atomic mass is 79.9. The molecule has 32 heavy (non-hydrogen) atoms. The maximum absolute atomic E-state index is 13.1. The summed E-state index contributed by atoms with van der Waals surface area (Å²) in [6.07, 6.45) is 0.207. The molecule has 0 aliphatic heterocycles. The van der Waals surface area contributed by atoms with E-state index in [0.29, 0.717) is 23.6 Å². The SMILES string of the molecule is CCOc1ccc(S(=O)(=O)NC(Cc2ccccc2)C(=O)Nc2ccc(Br)cc2)cc1C. The van der Waals surface area contributed by atoms with Crippen molar-refractivity contribution in [2.24, 2.45) is 0 Å². The molecule has 0 bridgehead atoms. The van der Waals surface area contributed by atoms with E-state index in [2.05, 4.69) is 26.0 Å². The molecule has 0 spiro atoms. The van der Waals surface area contributed by atoms with Gasteiger partial charge in [-0.05, 0) is 73.9 Å². The molecule has 0 saturated carbocycles. The van der Waals surface area contributed by atoms with Gasteiger partial charge < -0.3 is 10.1 Å². The highest BCUT2D eigenvalue weighted by molar-refractivity contribution is 9.10. The Balaban J connectivity index is 1.86. The Bertz CT molecular complexity index is 1170. The fraction of sp³-hybridized carbons (Fsp3) is 0.208. The molecular weight excluding hydrogens is 492 g/mol. The predicted molar refractivity (Wildman–Crippen MR) is 129 cm³/mol. The smallest absolute Gasteiger partial charge is 0.242 e. The first-order valence-corrected chi connectivity index (χ1v) is 12.4. The van der Waals surface area contributed by atoms with Crippen LogP contribution in [0.4, 0.5) is 5.69 Å². The number of carbonyl (C=O) groups is 1.